The zero-order valence-corrected chi connectivity index (χ0v) is 12.5. The molecular formula is C6H12N2S4Zn. The molecule has 0 amide bonds. The molecule has 0 aromatic rings. The van der Waals surface area contributed by atoms with Gasteiger partial charge in [-0.2, -0.15) is 0 Å². The Hall–Kier alpha value is 0.843. The minimum Gasteiger partial charge on any atom is -0.411 e. The van der Waals surface area contributed by atoms with Gasteiger partial charge in [-0.15, -0.1) is 0 Å². The van der Waals surface area contributed by atoms with Gasteiger partial charge in [0.2, 0.25) is 0 Å². The van der Waals surface area contributed by atoms with Crippen molar-refractivity contribution in [1.82, 2.24) is 9.80 Å². The van der Waals surface area contributed by atoms with Crippen LogP contribution in [0, 0.1) is 0 Å². The van der Waals surface area contributed by atoms with Crippen LogP contribution in [-0.4, -0.2) is 46.3 Å². The number of hydrogen-bond acceptors (Lipinski definition) is 4. The summed E-state index contributed by atoms with van der Waals surface area (Å²) >= 11 is 17.3. The summed E-state index contributed by atoms with van der Waals surface area (Å²) in [6, 6.07) is 0. The predicted octanol–water partition coefficient (Wildman–Crippen LogP) is 0.757. The zero-order chi connectivity index (χ0) is 20.3. The second-order valence-electron chi connectivity index (χ2n) is 1.20. The first-order valence-corrected chi connectivity index (χ1v) is 3.79. The maximum Gasteiger partial charge on any atom is 2.00 e. The molecule has 2 nitrogen and oxygen atoms in total. The van der Waals surface area contributed by atoms with Crippen molar-refractivity contribution in [2.75, 3.05) is 27.9 Å². The van der Waals surface area contributed by atoms with Crippen molar-refractivity contribution in [1.29, 1.82) is 0 Å². The molecule has 7 heteroatoms. The first-order valence-electron chi connectivity index (χ1n) is 8.16. The van der Waals surface area contributed by atoms with Gasteiger partial charge in [-0.1, -0.05) is 8.64 Å². The average molecular weight is 318 g/mol. The minimum atomic E-state index is -2.80. The fourth-order valence-corrected chi connectivity index (χ4v) is 0. The van der Waals surface area contributed by atoms with E-state index >= 15 is 0 Å². The largest absolute Gasteiger partial charge is 2.00 e. The van der Waals surface area contributed by atoms with E-state index in [9.17, 15) is 0 Å². The van der Waals surface area contributed by atoms with E-state index in [2.05, 4.69) is 49.7 Å². The first-order chi connectivity index (χ1) is 10.1. The van der Waals surface area contributed by atoms with Gasteiger partial charge in [-0.05, 0) is 0 Å². The second-order valence-corrected chi connectivity index (χ2v) is 3.27. The van der Waals surface area contributed by atoms with Gasteiger partial charge in [-0.25, -0.2) is 0 Å². The Kier molecular flexibility index (Phi) is 3.68. The smallest absolute Gasteiger partial charge is 0.411 e. The fraction of sp³-hybridized carbons (Fsp3) is 0.667. The molecule has 0 heterocycles. The van der Waals surface area contributed by atoms with E-state index < -0.39 is 36.5 Å². The Morgan fingerprint density at radius 1 is 1.00 bits per heavy atom. The summed E-state index contributed by atoms with van der Waals surface area (Å²) in [7, 11) is 0. The third-order valence-electron chi connectivity index (χ3n) is 0.365. The SMILES string of the molecule is [2H]C([2H])([2H])N(C(=S)[S-])C([2H])([2H])[2H].[2H]C([2H])([2H])N(C(=S)[S-])C([2H])([2H])[2H].[Zn+2]. The van der Waals surface area contributed by atoms with E-state index in [0.29, 0.717) is 0 Å². The third kappa shape index (κ3) is 19.3. The zero-order valence-electron chi connectivity index (χ0n) is 18.2. The van der Waals surface area contributed by atoms with Crippen molar-refractivity contribution in [3.63, 3.8) is 0 Å². The van der Waals surface area contributed by atoms with E-state index in [1.165, 1.54) is 0 Å². The van der Waals surface area contributed by atoms with Crippen LogP contribution in [0.1, 0.15) is 16.4 Å². The van der Waals surface area contributed by atoms with Crippen LogP contribution in [0.3, 0.4) is 0 Å². The molecule has 0 N–H and O–H groups in total. The van der Waals surface area contributed by atoms with Gasteiger partial charge >= 0.3 is 19.5 Å². The van der Waals surface area contributed by atoms with Gasteiger partial charge < -0.3 is 59.5 Å². The molecule has 0 aliphatic carbocycles. The summed E-state index contributed by atoms with van der Waals surface area (Å²) in [4.78, 5) is 0.176. The molecule has 0 radical (unpaired) electrons. The molecular weight excluding hydrogens is 294 g/mol. The molecule has 0 aromatic heterocycles. The number of hydrogen-bond donors (Lipinski definition) is 0. The molecule has 0 fully saturated rings. The van der Waals surface area contributed by atoms with E-state index in [4.69, 9.17) is 16.4 Å². The molecule has 0 rings (SSSR count). The molecule has 0 spiro atoms. The standard InChI is InChI=1S/2C3H7NS2.Zn/c2*1-4(2)3(5)6;/h2*1-2H3,(H,5,6);/q;;+2/p-2/i2*1D3,2D3;. The molecule has 13 heavy (non-hydrogen) atoms. The Morgan fingerprint density at radius 2 is 1.23 bits per heavy atom. The molecule has 0 unspecified atom stereocenters. The molecule has 0 atom stereocenters. The van der Waals surface area contributed by atoms with Gasteiger partial charge in [0, 0.05) is 44.4 Å². The maximum absolute atomic E-state index is 6.82. The maximum atomic E-state index is 6.82. The first kappa shape index (κ1) is 4.38. The molecule has 0 saturated heterocycles. The summed E-state index contributed by atoms with van der Waals surface area (Å²) in [5.41, 5.74) is 0. The van der Waals surface area contributed by atoms with E-state index in [-0.39, 0.29) is 29.3 Å². The summed E-state index contributed by atoms with van der Waals surface area (Å²) in [5.74, 6) is 0. The average Bonchev–Trinajstić information content (AvgIpc) is 2.03. The van der Waals surface area contributed by atoms with Gasteiger partial charge in [0.25, 0.3) is 0 Å². The molecule has 0 bridgehead atoms. The Bertz CT molecular complexity index is 384. The minimum absolute atomic E-state index is 0. The molecule has 0 aromatic carbocycles. The predicted molar refractivity (Wildman–Crippen MR) is 67.3 cm³/mol. The molecule has 0 aliphatic rings. The van der Waals surface area contributed by atoms with Crippen LogP contribution in [0.5, 0.6) is 0 Å². The summed E-state index contributed by atoms with van der Waals surface area (Å²) in [5, 5.41) is 0. The van der Waals surface area contributed by atoms with Crippen molar-refractivity contribution in [2.24, 2.45) is 0 Å². The number of nitrogens with zero attached hydrogens (tertiary/aromatic N) is 2. The van der Waals surface area contributed by atoms with Gasteiger partial charge in [-0.3, -0.25) is 0 Å². The monoisotopic (exact) mass is 316 g/mol. The molecule has 0 aliphatic heterocycles. The number of rotatable bonds is 0. The Morgan fingerprint density at radius 3 is 1.23 bits per heavy atom. The summed E-state index contributed by atoms with van der Waals surface area (Å²) in [6.07, 6.45) is 0. The van der Waals surface area contributed by atoms with Gasteiger partial charge in [0.05, 0.1) is 0 Å². The molecule has 72 valence electrons. The van der Waals surface area contributed by atoms with Crippen LogP contribution in [0.4, 0.5) is 0 Å². The van der Waals surface area contributed by atoms with Crippen LogP contribution in [0.2, 0.25) is 0 Å². The third-order valence-corrected chi connectivity index (χ3v) is 1.10. The summed E-state index contributed by atoms with van der Waals surface area (Å²) < 4.78 is 80.7. The van der Waals surface area contributed by atoms with Crippen LogP contribution in [-0.2, 0) is 44.7 Å². The van der Waals surface area contributed by atoms with Crippen LogP contribution < -0.4 is 0 Å². The van der Waals surface area contributed by atoms with Gasteiger partial charge in [0.15, 0.2) is 0 Å². The molecule has 0 saturated carbocycles. The fourth-order valence-electron chi connectivity index (χ4n) is 0. The quantitative estimate of drug-likeness (QED) is 0.367. The van der Waals surface area contributed by atoms with Crippen molar-refractivity contribution in [3.05, 3.63) is 0 Å². The van der Waals surface area contributed by atoms with E-state index in [1.807, 2.05) is 0 Å². The van der Waals surface area contributed by atoms with Crippen LogP contribution in [0.15, 0.2) is 0 Å². The topological polar surface area (TPSA) is 6.48 Å². The van der Waals surface area contributed by atoms with E-state index in [1.54, 1.807) is 0 Å². The second kappa shape index (κ2) is 10.9. The van der Waals surface area contributed by atoms with Crippen molar-refractivity contribution >= 4 is 58.3 Å². The van der Waals surface area contributed by atoms with Crippen molar-refractivity contribution < 1.29 is 35.9 Å². The van der Waals surface area contributed by atoms with Crippen LogP contribution in [0.25, 0.3) is 0 Å². The normalized spacial score (nSPS) is 24.6. The number of thiocarbonyl (C=S) groups is 2. The summed E-state index contributed by atoms with van der Waals surface area (Å²) in [6.45, 7) is -11.2. The van der Waals surface area contributed by atoms with Crippen molar-refractivity contribution in [2.45, 2.75) is 0 Å². The van der Waals surface area contributed by atoms with Crippen molar-refractivity contribution in [3.8, 4) is 0 Å². The van der Waals surface area contributed by atoms with E-state index in [0.717, 1.165) is 0 Å². The Balaban J connectivity index is -0.000000372. The Labute approximate surface area is 132 Å². The van der Waals surface area contributed by atoms with Crippen LogP contribution >= 0.6 is 24.4 Å². The van der Waals surface area contributed by atoms with Gasteiger partial charge in [0.1, 0.15) is 0 Å².